The van der Waals surface area contributed by atoms with Crippen molar-refractivity contribution in [1.82, 2.24) is 5.01 Å². The summed E-state index contributed by atoms with van der Waals surface area (Å²) < 4.78 is 0. The first-order chi connectivity index (χ1) is 10.9. The van der Waals surface area contributed by atoms with Crippen molar-refractivity contribution in [3.8, 4) is 0 Å². The predicted octanol–water partition coefficient (Wildman–Crippen LogP) is 3.72. The van der Waals surface area contributed by atoms with Crippen molar-refractivity contribution in [2.24, 2.45) is 5.10 Å². The molecule has 0 saturated carbocycles. The van der Waals surface area contributed by atoms with Gasteiger partial charge in [0.15, 0.2) is 5.72 Å². The zero-order valence-electron chi connectivity index (χ0n) is 13.0. The fraction of sp³-hybridized carbons (Fsp3) is 0.222. The number of hydrogen-bond donors (Lipinski definition) is 1. The largest absolute Gasteiger partial charge is 0.365 e. The molecule has 1 heterocycles. The van der Waals surface area contributed by atoms with Gasteiger partial charge < -0.3 is 5.11 Å². The van der Waals surface area contributed by atoms with E-state index < -0.39 is 5.72 Å². The average Bonchev–Trinajstić information content (AvgIpc) is 2.83. The highest BCUT2D eigenvalue weighted by atomic mass is 35.5. The molecule has 4 nitrogen and oxygen atoms in total. The number of halogens is 1. The van der Waals surface area contributed by atoms with E-state index in [2.05, 4.69) is 5.10 Å². The lowest BCUT2D eigenvalue weighted by Crippen LogP contribution is -2.43. The molecule has 118 valence electrons. The summed E-state index contributed by atoms with van der Waals surface area (Å²) >= 11 is 5.91. The molecule has 0 unspecified atom stereocenters. The van der Waals surface area contributed by atoms with Gasteiger partial charge in [-0.1, -0.05) is 41.4 Å². The minimum atomic E-state index is -1.49. The van der Waals surface area contributed by atoms with Gasteiger partial charge >= 0.3 is 0 Å². The van der Waals surface area contributed by atoms with Crippen LogP contribution in [0.15, 0.2) is 53.6 Å². The Morgan fingerprint density at radius 2 is 1.91 bits per heavy atom. The summed E-state index contributed by atoms with van der Waals surface area (Å²) in [5.41, 5.74) is 1.27. The summed E-state index contributed by atoms with van der Waals surface area (Å²) in [6.45, 7) is 3.71. The second kappa shape index (κ2) is 5.80. The molecule has 0 aromatic heterocycles. The third-order valence-electron chi connectivity index (χ3n) is 3.89. The van der Waals surface area contributed by atoms with Gasteiger partial charge in [0.2, 0.25) is 0 Å². The number of hydrogen-bond acceptors (Lipinski definition) is 3. The Morgan fingerprint density at radius 1 is 1.22 bits per heavy atom. The fourth-order valence-corrected chi connectivity index (χ4v) is 2.90. The summed E-state index contributed by atoms with van der Waals surface area (Å²) in [4.78, 5) is 12.8. The Hall–Kier alpha value is -2.17. The number of carbonyl (C=O) groups is 1. The number of amides is 1. The quantitative estimate of drug-likeness (QED) is 0.913. The summed E-state index contributed by atoms with van der Waals surface area (Å²) in [6.07, 6.45) is 0.270. The SMILES string of the molecule is CC1=NN(C(=O)c2cccc(C)c2)[C@@](O)(c2ccc(Cl)cc2)C1. The maximum absolute atomic E-state index is 12.8. The van der Waals surface area contributed by atoms with E-state index in [-0.39, 0.29) is 12.3 Å². The highest BCUT2D eigenvalue weighted by Crippen LogP contribution is 2.36. The van der Waals surface area contributed by atoms with Gasteiger partial charge in [0, 0.05) is 28.3 Å². The van der Waals surface area contributed by atoms with Crippen LogP contribution in [0.3, 0.4) is 0 Å². The number of carbonyl (C=O) groups excluding carboxylic acids is 1. The molecular formula is C18H17ClN2O2. The minimum absolute atomic E-state index is 0.270. The van der Waals surface area contributed by atoms with Crippen LogP contribution in [0, 0.1) is 6.92 Å². The number of rotatable bonds is 2. The van der Waals surface area contributed by atoms with E-state index in [0.717, 1.165) is 5.56 Å². The molecule has 3 rings (SSSR count). The van der Waals surface area contributed by atoms with Crippen molar-refractivity contribution < 1.29 is 9.90 Å². The number of nitrogens with zero attached hydrogens (tertiary/aromatic N) is 2. The van der Waals surface area contributed by atoms with Crippen LogP contribution in [0.5, 0.6) is 0 Å². The first-order valence-corrected chi connectivity index (χ1v) is 7.72. The molecule has 0 saturated heterocycles. The normalized spacial score (nSPS) is 20.5. The van der Waals surface area contributed by atoms with Gasteiger partial charge in [-0.3, -0.25) is 4.79 Å². The van der Waals surface area contributed by atoms with E-state index in [1.54, 1.807) is 43.3 Å². The van der Waals surface area contributed by atoms with Gasteiger partial charge in [0.25, 0.3) is 5.91 Å². The van der Waals surface area contributed by atoms with Crippen LogP contribution in [0.1, 0.15) is 34.8 Å². The van der Waals surface area contributed by atoms with Gasteiger partial charge in [0.1, 0.15) is 0 Å². The molecule has 1 atom stereocenters. The molecule has 23 heavy (non-hydrogen) atoms. The maximum Gasteiger partial charge on any atom is 0.276 e. The summed E-state index contributed by atoms with van der Waals surface area (Å²) in [7, 11) is 0. The topological polar surface area (TPSA) is 52.9 Å². The monoisotopic (exact) mass is 328 g/mol. The Morgan fingerprint density at radius 3 is 2.57 bits per heavy atom. The molecule has 0 aliphatic carbocycles. The van der Waals surface area contributed by atoms with Crippen molar-refractivity contribution in [3.05, 3.63) is 70.2 Å². The van der Waals surface area contributed by atoms with Crippen LogP contribution in [0.25, 0.3) is 0 Å². The van der Waals surface area contributed by atoms with Crippen LogP contribution in [0.2, 0.25) is 5.02 Å². The fourth-order valence-electron chi connectivity index (χ4n) is 2.78. The molecule has 0 fully saturated rings. The molecule has 2 aromatic rings. The second-order valence-electron chi connectivity index (χ2n) is 5.82. The van der Waals surface area contributed by atoms with Gasteiger partial charge in [-0.25, -0.2) is 0 Å². The van der Waals surface area contributed by atoms with Crippen molar-refractivity contribution >= 4 is 23.2 Å². The molecule has 0 spiro atoms. The highest BCUT2D eigenvalue weighted by molar-refractivity contribution is 6.30. The van der Waals surface area contributed by atoms with Crippen LogP contribution >= 0.6 is 11.6 Å². The standard InChI is InChI=1S/C18H17ClN2O2/c1-12-4-3-5-14(10-12)17(22)21-18(23,11-13(2)20-21)15-6-8-16(19)9-7-15/h3-10,23H,11H2,1-2H3/t18-/m0/s1. The molecule has 1 aliphatic heterocycles. The molecule has 2 aromatic carbocycles. The zero-order valence-corrected chi connectivity index (χ0v) is 13.7. The van der Waals surface area contributed by atoms with Crippen molar-refractivity contribution in [2.45, 2.75) is 26.0 Å². The molecule has 0 radical (unpaired) electrons. The third kappa shape index (κ3) is 2.87. The van der Waals surface area contributed by atoms with Crippen LogP contribution < -0.4 is 0 Å². The molecule has 1 aliphatic rings. The third-order valence-corrected chi connectivity index (χ3v) is 4.14. The number of hydrazone groups is 1. The van der Waals surface area contributed by atoms with Crippen LogP contribution in [-0.2, 0) is 5.72 Å². The predicted molar refractivity (Wildman–Crippen MR) is 90.4 cm³/mol. The summed E-state index contributed by atoms with van der Waals surface area (Å²) in [5.74, 6) is -0.331. The molecular weight excluding hydrogens is 312 g/mol. The summed E-state index contributed by atoms with van der Waals surface area (Å²) in [5, 5.41) is 17.1. The first-order valence-electron chi connectivity index (χ1n) is 7.34. The van der Waals surface area contributed by atoms with Gasteiger partial charge in [-0.05, 0) is 38.1 Å². The number of aliphatic hydroxyl groups is 1. The van der Waals surface area contributed by atoms with E-state index in [4.69, 9.17) is 11.6 Å². The second-order valence-corrected chi connectivity index (χ2v) is 6.26. The Bertz CT molecular complexity index is 786. The number of benzene rings is 2. The lowest BCUT2D eigenvalue weighted by molar-refractivity contribution is -0.0765. The number of aryl methyl sites for hydroxylation is 1. The Balaban J connectivity index is 2.01. The lowest BCUT2D eigenvalue weighted by atomic mass is 9.97. The maximum atomic E-state index is 12.8. The first kappa shape index (κ1) is 15.7. The highest BCUT2D eigenvalue weighted by Gasteiger charge is 2.45. The lowest BCUT2D eigenvalue weighted by Gasteiger charge is -2.31. The van der Waals surface area contributed by atoms with Crippen molar-refractivity contribution in [1.29, 1.82) is 0 Å². The van der Waals surface area contributed by atoms with E-state index in [1.807, 2.05) is 19.1 Å². The van der Waals surface area contributed by atoms with E-state index in [9.17, 15) is 9.90 Å². The zero-order chi connectivity index (χ0) is 16.6. The molecule has 5 heteroatoms. The van der Waals surface area contributed by atoms with Gasteiger partial charge in [-0.15, -0.1) is 0 Å². The van der Waals surface area contributed by atoms with Gasteiger partial charge in [-0.2, -0.15) is 10.1 Å². The van der Waals surface area contributed by atoms with E-state index >= 15 is 0 Å². The van der Waals surface area contributed by atoms with E-state index in [1.165, 1.54) is 5.01 Å². The smallest absolute Gasteiger partial charge is 0.276 e. The Kier molecular flexibility index (Phi) is 3.96. The van der Waals surface area contributed by atoms with Crippen molar-refractivity contribution in [2.75, 3.05) is 0 Å². The minimum Gasteiger partial charge on any atom is -0.365 e. The Labute approximate surface area is 140 Å². The summed E-state index contributed by atoms with van der Waals surface area (Å²) in [6, 6.07) is 14.1. The average molecular weight is 329 g/mol. The van der Waals surface area contributed by atoms with Crippen molar-refractivity contribution in [3.63, 3.8) is 0 Å². The van der Waals surface area contributed by atoms with Crippen LogP contribution in [0.4, 0.5) is 0 Å². The molecule has 1 amide bonds. The molecule has 1 N–H and O–H groups in total. The van der Waals surface area contributed by atoms with Crippen LogP contribution in [-0.4, -0.2) is 21.7 Å². The van der Waals surface area contributed by atoms with Gasteiger partial charge in [0.05, 0.1) is 0 Å². The molecule has 0 bridgehead atoms. The van der Waals surface area contributed by atoms with E-state index in [0.29, 0.717) is 21.9 Å².